The minimum absolute atomic E-state index is 0.133. The maximum absolute atomic E-state index is 13.1. The van der Waals surface area contributed by atoms with Gasteiger partial charge in [0.25, 0.3) is 0 Å². The fraction of sp³-hybridized carbons (Fsp3) is 0.231. The van der Waals surface area contributed by atoms with E-state index in [1.165, 1.54) is 18.3 Å². The third-order valence-electron chi connectivity index (χ3n) is 2.24. The largest absolute Gasteiger partial charge is 0.465 e. The van der Waals surface area contributed by atoms with Crippen molar-refractivity contribution in [2.24, 2.45) is 0 Å². The second-order valence-electron chi connectivity index (χ2n) is 3.68. The van der Waals surface area contributed by atoms with Crippen LogP contribution in [0, 0.1) is 5.82 Å². The van der Waals surface area contributed by atoms with E-state index in [0.29, 0.717) is 23.2 Å². The summed E-state index contributed by atoms with van der Waals surface area (Å²) in [4.78, 5) is 23.6. The van der Waals surface area contributed by atoms with Crippen molar-refractivity contribution in [1.82, 2.24) is 15.0 Å². The molecule has 0 fully saturated rings. The average molecular weight is 293 g/mol. The van der Waals surface area contributed by atoms with Gasteiger partial charge in [0.1, 0.15) is 5.82 Å². The van der Waals surface area contributed by atoms with E-state index in [2.05, 4.69) is 15.0 Å². The zero-order valence-corrected chi connectivity index (χ0v) is 11.6. The molecule has 0 N–H and O–H groups in total. The Hall–Kier alpha value is -2.02. The van der Waals surface area contributed by atoms with Crippen LogP contribution in [0.3, 0.4) is 0 Å². The summed E-state index contributed by atoms with van der Waals surface area (Å²) in [6, 6.07) is 4.19. The molecule has 2 heterocycles. The van der Waals surface area contributed by atoms with Gasteiger partial charge in [-0.3, -0.25) is 9.78 Å². The minimum Gasteiger partial charge on any atom is -0.465 e. The molecule has 0 aliphatic heterocycles. The summed E-state index contributed by atoms with van der Waals surface area (Å²) < 4.78 is 18.0. The Morgan fingerprint density at radius 1 is 1.30 bits per heavy atom. The molecule has 0 atom stereocenters. The number of hydrogen-bond donors (Lipinski definition) is 0. The lowest BCUT2D eigenvalue weighted by molar-refractivity contribution is -0.139. The molecule has 2 aromatic heterocycles. The van der Waals surface area contributed by atoms with Crippen LogP contribution in [-0.2, 0) is 9.53 Å². The second kappa shape index (κ2) is 6.95. The summed E-state index contributed by atoms with van der Waals surface area (Å²) in [6.45, 7) is 2.09. The van der Waals surface area contributed by atoms with Crippen LogP contribution < -0.4 is 0 Å². The van der Waals surface area contributed by atoms with Gasteiger partial charge >= 0.3 is 5.97 Å². The Balaban J connectivity index is 2.10. The summed E-state index contributed by atoms with van der Waals surface area (Å²) >= 11 is 1.16. The smallest absolute Gasteiger partial charge is 0.316 e. The molecule has 0 amide bonds. The van der Waals surface area contributed by atoms with E-state index in [-0.39, 0.29) is 17.5 Å². The number of hydrogen-bond acceptors (Lipinski definition) is 6. The van der Waals surface area contributed by atoms with Crippen LogP contribution in [0.5, 0.6) is 0 Å². The van der Waals surface area contributed by atoms with Gasteiger partial charge in [-0.25, -0.2) is 14.4 Å². The predicted molar refractivity (Wildman–Crippen MR) is 72.6 cm³/mol. The lowest BCUT2D eigenvalue weighted by atomic mass is 10.2. The van der Waals surface area contributed by atoms with Crippen molar-refractivity contribution in [1.29, 1.82) is 0 Å². The van der Waals surface area contributed by atoms with Gasteiger partial charge < -0.3 is 4.74 Å². The number of aromatic nitrogens is 3. The van der Waals surface area contributed by atoms with Gasteiger partial charge in [0.15, 0.2) is 5.16 Å². The molecule has 0 aliphatic rings. The standard InChI is InChI=1S/C13H12FN3O2S/c1-2-19-12(18)8-20-13-16-6-4-10(17-13)11-7-9(14)3-5-15-11/h3-7H,2,8H2,1H3. The maximum Gasteiger partial charge on any atom is 0.316 e. The third-order valence-corrected chi connectivity index (χ3v) is 3.08. The first-order valence-corrected chi connectivity index (χ1v) is 6.91. The van der Waals surface area contributed by atoms with Crippen LogP contribution in [0.1, 0.15) is 6.92 Å². The quantitative estimate of drug-likeness (QED) is 0.479. The molecular formula is C13H12FN3O2S. The number of carbonyl (C=O) groups is 1. The van der Waals surface area contributed by atoms with E-state index in [0.717, 1.165) is 11.8 Å². The zero-order chi connectivity index (χ0) is 14.4. The topological polar surface area (TPSA) is 65.0 Å². The van der Waals surface area contributed by atoms with E-state index >= 15 is 0 Å². The summed E-state index contributed by atoms with van der Waals surface area (Å²) in [5, 5.41) is 0.418. The highest BCUT2D eigenvalue weighted by molar-refractivity contribution is 7.99. The van der Waals surface area contributed by atoms with Gasteiger partial charge in [-0.05, 0) is 19.1 Å². The van der Waals surface area contributed by atoms with E-state index in [1.807, 2.05) is 0 Å². The number of ether oxygens (including phenoxy) is 1. The number of carbonyl (C=O) groups excluding carboxylic acids is 1. The molecule has 0 saturated carbocycles. The zero-order valence-electron chi connectivity index (χ0n) is 10.7. The molecule has 5 nitrogen and oxygen atoms in total. The fourth-order valence-corrected chi connectivity index (χ4v) is 2.05. The van der Waals surface area contributed by atoms with Crippen LogP contribution in [-0.4, -0.2) is 33.3 Å². The normalized spacial score (nSPS) is 10.3. The lowest BCUT2D eigenvalue weighted by Crippen LogP contribution is -2.07. The Morgan fingerprint density at radius 3 is 2.85 bits per heavy atom. The number of nitrogens with zero attached hydrogens (tertiary/aromatic N) is 3. The highest BCUT2D eigenvalue weighted by atomic mass is 32.2. The maximum atomic E-state index is 13.1. The van der Waals surface area contributed by atoms with Gasteiger partial charge in [-0.15, -0.1) is 0 Å². The van der Waals surface area contributed by atoms with E-state index < -0.39 is 0 Å². The van der Waals surface area contributed by atoms with Crippen molar-refractivity contribution in [3.63, 3.8) is 0 Å². The van der Waals surface area contributed by atoms with Crippen LogP contribution in [0.4, 0.5) is 4.39 Å². The lowest BCUT2D eigenvalue weighted by Gasteiger charge is -2.03. The highest BCUT2D eigenvalue weighted by Crippen LogP contribution is 2.19. The van der Waals surface area contributed by atoms with Crippen molar-refractivity contribution in [3.05, 3.63) is 36.4 Å². The van der Waals surface area contributed by atoms with Crippen molar-refractivity contribution in [3.8, 4) is 11.4 Å². The second-order valence-corrected chi connectivity index (χ2v) is 4.62. The van der Waals surface area contributed by atoms with Gasteiger partial charge in [0, 0.05) is 18.5 Å². The van der Waals surface area contributed by atoms with Crippen molar-refractivity contribution < 1.29 is 13.9 Å². The molecule has 104 valence electrons. The molecule has 0 unspecified atom stereocenters. The van der Waals surface area contributed by atoms with Crippen molar-refractivity contribution in [2.45, 2.75) is 12.1 Å². The molecule has 0 bridgehead atoms. The molecule has 7 heteroatoms. The minimum atomic E-state index is -0.380. The number of pyridine rings is 1. The van der Waals surface area contributed by atoms with Gasteiger partial charge in [0.05, 0.1) is 23.7 Å². The van der Waals surface area contributed by atoms with Gasteiger partial charge in [-0.1, -0.05) is 11.8 Å². The van der Waals surface area contributed by atoms with Crippen molar-refractivity contribution >= 4 is 17.7 Å². The van der Waals surface area contributed by atoms with Gasteiger partial charge in [-0.2, -0.15) is 0 Å². The summed E-state index contributed by atoms with van der Waals surface area (Å²) in [5.41, 5.74) is 0.927. The molecular weight excluding hydrogens is 281 g/mol. The molecule has 20 heavy (non-hydrogen) atoms. The van der Waals surface area contributed by atoms with Crippen LogP contribution in [0.2, 0.25) is 0 Å². The molecule has 0 saturated heterocycles. The average Bonchev–Trinajstić information content (AvgIpc) is 2.46. The highest BCUT2D eigenvalue weighted by Gasteiger charge is 2.08. The number of rotatable bonds is 5. The molecule has 0 aromatic carbocycles. The first-order chi connectivity index (χ1) is 9.69. The molecule has 0 radical (unpaired) electrons. The Morgan fingerprint density at radius 2 is 2.10 bits per heavy atom. The summed E-state index contributed by atoms with van der Waals surface area (Å²) in [5.74, 6) is -0.571. The molecule has 0 spiro atoms. The Kier molecular flexibility index (Phi) is 5.00. The first-order valence-electron chi connectivity index (χ1n) is 5.92. The number of halogens is 1. The van der Waals surface area contributed by atoms with Crippen LogP contribution in [0.25, 0.3) is 11.4 Å². The van der Waals surface area contributed by atoms with Crippen molar-refractivity contribution in [2.75, 3.05) is 12.4 Å². The number of esters is 1. The van der Waals surface area contributed by atoms with E-state index in [4.69, 9.17) is 4.74 Å². The monoisotopic (exact) mass is 293 g/mol. The summed E-state index contributed by atoms with van der Waals surface area (Å²) in [6.07, 6.45) is 2.92. The fourth-order valence-electron chi connectivity index (χ4n) is 1.42. The SMILES string of the molecule is CCOC(=O)CSc1nccc(-c2cc(F)ccn2)n1. The summed E-state index contributed by atoms with van der Waals surface area (Å²) in [7, 11) is 0. The van der Waals surface area contributed by atoms with E-state index in [9.17, 15) is 9.18 Å². The van der Waals surface area contributed by atoms with Crippen LogP contribution in [0.15, 0.2) is 35.7 Å². The van der Waals surface area contributed by atoms with Gasteiger partial charge in [0.2, 0.25) is 0 Å². The number of thioether (sulfide) groups is 1. The Bertz CT molecular complexity index is 610. The third kappa shape index (κ3) is 3.99. The van der Waals surface area contributed by atoms with E-state index in [1.54, 1.807) is 19.2 Å². The predicted octanol–water partition coefficient (Wildman–Crippen LogP) is 2.33. The molecule has 2 rings (SSSR count). The van der Waals surface area contributed by atoms with Crippen LogP contribution >= 0.6 is 11.8 Å². The molecule has 0 aliphatic carbocycles. The molecule has 2 aromatic rings. The first kappa shape index (κ1) is 14.4. The Labute approximate surface area is 119 Å².